The lowest BCUT2D eigenvalue weighted by Crippen LogP contribution is -2.41. The summed E-state index contributed by atoms with van der Waals surface area (Å²) in [6.07, 6.45) is 2.59. The maximum atomic E-state index is 4.67. The van der Waals surface area contributed by atoms with Crippen LogP contribution in [0.4, 0.5) is 5.82 Å². The van der Waals surface area contributed by atoms with Crippen molar-refractivity contribution in [2.24, 2.45) is 18.4 Å². The molecule has 0 radical (unpaired) electrons. The van der Waals surface area contributed by atoms with Gasteiger partial charge in [-0.2, -0.15) is 5.10 Å². The van der Waals surface area contributed by atoms with Crippen LogP contribution in [0, 0.1) is 18.3 Å². The molecule has 0 unspecified atom stereocenters. The van der Waals surface area contributed by atoms with Crippen LogP contribution in [-0.4, -0.2) is 29.4 Å². The van der Waals surface area contributed by atoms with E-state index < -0.39 is 0 Å². The van der Waals surface area contributed by atoms with Gasteiger partial charge in [-0.05, 0) is 37.6 Å². The van der Waals surface area contributed by atoms with Crippen LogP contribution < -0.4 is 10.2 Å². The first kappa shape index (κ1) is 16.3. The summed E-state index contributed by atoms with van der Waals surface area (Å²) in [5.74, 6) is 2.00. The van der Waals surface area contributed by atoms with Crippen molar-refractivity contribution in [3.05, 3.63) is 11.3 Å². The number of nitrogens with zero attached hydrogens (tertiary/aromatic N) is 3. The van der Waals surface area contributed by atoms with Crippen molar-refractivity contribution in [3.8, 4) is 0 Å². The van der Waals surface area contributed by atoms with Crippen LogP contribution in [0.25, 0.3) is 0 Å². The largest absolute Gasteiger partial charge is 0.356 e. The smallest absolute Gasteiger partial charge is 0.131 e. The van der Waals surface area contributed by atoms with Crippen molar-refractivity contribution in [2.45, 2.75) is 54.0 Å². The lowest BCUT2D eigenvalue weighted by Gasteiger charge is -2.39. The van der Waals surface area contributed by atoms with Gasteiger partial charge in [0.15, 0.2) is 0 Å². The highest BCUT2D eigenvalue weighted by molar-refractivity contribution is 5.50. The van der Waals surface area contributed by atoms with E-state index in [0.29, 0.717) is 11.3 Å². The molecule has 0 aromatic carbocycles. The fourth-order valence-corrected chi connectivity index (χ4v) is 3.38. The van der Waals surface area contributed by atoms with Crippen LogP contribution in [0.2, 0.25) is 0 Å². The van der Waals surface area contributed by atoms with Crippen LogP contribution in [0.1, 0.15) is 51.8 Å². The molecule has 4 nitrogen and oxygen atoms in total. The Kier molecular flexibility index (Phi) is 4.97. The fourth-order valence-electron chi connectivity index (χ4n) is 3.38. The molecule has 0 bridgehead atoms. The molecule has 1 N–H and O–H groups in total. The molecule has 0 spiro atoms. The summed E-state index contributed by atoms with van der Waals surface area (Å²) in [7, 11) is 2.08. The van der Waals surface area contributed by atoms with E-state index in [4.69, 9.17) is 0 Å². The zero-order valence-electron chi connectivity index (χ0n) is 14.7. The summed E-state index contributed by atoms with van der Waals surface area (Å²) in [5.41, 5.74) is 2.93. The second-order valence-electron chi connectivity index (χ2n) is 7.73. The van der Waals surface area contributed by atoms with Gasteiger partial charge in [-0.15, -0.1) is 0 Å². The molecule has 1 saturated heterocycles. The molecular weight excluding hydrogens is 260 g/mol. The molecule has 0 saturated carbocycles. The molecule has 120 valence electrons. The van der Waals surface area contributed by atoms with Crippen LogP contribution in [0.15, 0.2) is 0 Å². The SMILES string of the molecule is Cc1nn(C)c(N2CCCC(C)(C)C2)c1CNCC(C)C. The molecule has 2 heterocycles. The second-order valence-corrected chi connectivity index (χ2v) is 7.73. The molecule has 0 aliphatic carbocycles. The quantitative estimate of drug-likeness (QED) is 0.905. The maximum absolute atomic E-state index is 4.67. The molecule has 1 fully saturated rings. The third-order valence-electron chi connectivity index (χ3n) is 4.37. The Morgan fingerprint density at radius 3 is 2.67 bits per heavy atom. The van der Waals surface area contributed by atoms with Gasteiger partial charge in [0.25, 0.3) is 0 Å². The Balaban J connectivity index is 2.18. The van der Waals surface area contributed by atoms with Crippen LogP contribution in [0.3, 0.4) is 0 Å². The lowest BCUT2D eigenvalue weighted by molar-refractivity contribution is 0.290. The van der Waals surface area contributed by atoms with E-state index in [9.17, 15) is 0 Å². The van der Waals surface area contributed by atoms with E-state index in [2.05, 4.69) is 61.7 Å². The minimum absolute atomic E-state index is 0.402. The summed E-state index contributed by atoms with van der Waals surface area (Å²) < 4.78 is 2.07. The van der Waals surface area contributed by atoms with Crippen LogP contribution in [0.5, 0.6) is 0 Å². The number of hydrogen-bond acceptors (Lipinski definition) is 3. The Morgan fingerprint density at radius 2 is 2.05 bits per heavy atom. The molecule has 2 rings (SSSR count). The van der Waals surface area contributed by atoms with Crippen LogP contribution >= 0.6 is 0 Å². The van der Waals surface area contributed by atoms with Crippen molar-refractivity contribution >= 4 is 5.82 Å². The van der Waals surface area contributed by atoms with E-state index in [1.807, 2.05) is 0 Å². The molecular formula is C17H32N4. The number of piperidine rings is 1. The minimum atomic E-state index is 0.402. The molecule has 1 aliphatic heterocycles. The van der Waals surface area contributed by atoms with Crippen molar-refractivity contribution in [1.82, 2.24) is 15.1 Å². The first-order valence-corrected chi connectivity index (χ1v) is 8.28. The number of hydrogen-bond donors (Lipinski definition) is 1. The van der Waals surface area contributed by atoms with Gasteiger partial charge in [-0.3, -0.25) is 4.68 Å². The number of anilines is 1. The average molecular weight is 292 g/mol. The van der Waals surface area contributed by atoms with Gasteiger partial charge < -0.3 is 10.2 Å². The maximum Gasteiger partial charge on any atom is 0.131 e. The van der Waals surface area contributed by atoms with Gasteiger partial charge in [-0.25, -0.2) is 0 Å². The molecule has 0 amide bonds. The molecule has 21 heavy (non-hydrogen) atoms. The molecule has 0 atom stereocenters. The fraction of sp³-hybridized carbons (Fsp3) is 0.824. The van der Waals surface area contributed by atoms with Gasteiger partial charge in [0.2, 0.25) is 0 Å². The molecule has 1 aromatic rings. The first-order valence-electron chi connectivity index (χ1n) is 8.28. The lowest BCUT2D eigenvalue weighted by atomic mass is 9.84. The summed E-state index contributed by atoms with van der Waals surface area (Å²) in [6, 6.07) is 0. The van der Waals surface area contributed by atoms with E-state index in [1.54, 1.807) is 0 Å². The van der Waals surface area contributed by atoms with E-state index in [-0.39, 0.29) is 0 Å². The molecule has 1 aromatic heterocycles. The Bertz CT molecular complexity index is 473. The van der Waals surface area contributed by atoms with Crippen LogP contribution in [-0.2, 0) is 13.6 Å². The Labute approximate surface area is 129 Å². The molecule has 1 aliphatic rings. The second kappa shape index (κ2) is 6.39. The van der Waals surface area contributed by atoms with Gasteiger partial charge in [0, 0.05) is 32.2 Å². The van der Waals surface area contributed by atoms with E-state index >= 15 is 0 Å². The predicted octanol–water partition coefficient (Wildman–Crippen LogP) is 3.10. The van der Waals surface area contributed by atoms with Crippen molar-refractivity contribution in [3.63, 3.8) is 0 Å². The van der Waals surface area contributed by atoms with Crippen molar-refractivity contribution < 1.29 is 0 Å². The summed E-state index contributed by atoms with van der Waals surface area (Å²) in [6.45, 7) is 15.6. The highest BCUT2D eigenvalue weighted by atomic mass is 15.4. The van der Waals surface area contributed by atoms with Gasteiger partial charge in [-0.1, -0.05) is 27.7 Å². The topological polar surface area (TPSA) is 33.1 Å². The Hall–Kier alpha value is -1.03. The van der Waals surface area contributed by atoms with Crippen molar-refractivity contribution in [2.75, 3.05) is 24.5 Å². The molecule has 4 heteroatoms. The standard InChI is InChI=1S/C17H32N4/c1-13(2)10-18-11-15-14(3)19-20(6)16(15)21-9-7-8-17(4,5)12-21/h13,18H,7-12H2,1-6H3. The highest BCUT2D eigenvalue weighted by Crippen LogP contribution is 2.33. The normalized spacial score (nSPS) is 18.5. The number of nitrogens with one attached hydrogen (secondary N) is 1. The van der Waals surface area contributed by atoms with Gasteiger partial charge in [0.05, 0.1) is 5.69 Å². The van der Waals surface area contributed by atoms with E-state index in [0.717, 1.165) is 31.9 Å². The first-order chi connectivity index (χ1) is 9.80. The number of rotatable bonds is 5. The highest BCUT2D eigenvalue weighted by Gasteiger charge is 2.29. The van der Waals surface area contributed by atoms with Gasteiger partial charge in [0.1, 0.15) is 5.82 Å². The van der Waals surface area contributed by atoms with E-state index in [1.165, 1.54) is 24.2 Å². The number of aryl methyl sites for hydroxylation is 2. The summed E-state index contributed by atoms with van der Waals surface area (Å²) in [4.78, 5) is 2.54. The zero-order chi connectivity index (χ0) is 15.6. The monoisotopic (exact) mass is 292 g/mol. The third kappa shape index (κ3) is 4.00. The third-order valence-corrected chi connectivity index (χ3v) is 4.37. The van der Waals surface area contributed by atoms with Crippen molar-refractivity contribution in [1.29, 1.82) is 0 Å². The Morgan fingerprint density at radius 1 is 1.33 bits per heavy atom. The number of aromatic nitrogens is 2. The minimum Gasteiger partial charge on any atom is -0.356 e. The zero-order valence-corrected chi connectivity index (χ0v) is 14.7. The predicted molar refractivity (Wildman–Crippen MR) is 89.7 cm³/mol. The summed E-state index contributed by atoms with van der Waals surface area (Å²) in [5, 5.41) is 8.24. The average Bonchev–Trinajstić information content (AvgIpc) is 2.62. The summed E-state index contributed by atoms with van der Waals surface area (Å²) >= 11 is 0. The van der Waals surface area contributed by atoms with Gasteiger partial charge >= 0.3 is 0 Å².